The molecule has 1 spiro atoms. The van der Waals surface area contributed by atoms with Gasteiger partial charge in [0.2, 0.25) is 0 Å². The van der Waals surface area contributed by atoms with Crippen molar-refractivity contribution < 1.29 is 0 Å². The molecule has 2 aliphatic carbocycles. The second-order valence-corrected chi connectivity index (χ2v) is 13.2. The predicted octanol–water partition coefficient (Wildman–Crippen LogP) is 10.6. The van der Waals surface area contributed by atoms with Crippen LogP contribution in [0.4, 0.5) is 0 Å². The first kappa shape index (κ1) is 27.3. The van der Waals surface area contributed by atoms with Crippen LogP contribution in [-0.2, 0) is 5.41 Å². The predicted molar refractivity (Wildman–Crippen MR) is 201 cm³/mol. The topological polar surface area (TPSA) is 43.1 Å². The lowest BCUT2D eigenvalue weighted by Gasteiger charge is -2.30. The number of para-hydroxylation sites is 1. The summed E-state index contributed by atoms with van der Waals surface area (Å²) < 4.78 is 1.87. The Morgan fingerprint density at radius 1 is 0.400 bits per heavy atom. The van der Waals surface area contributed by atoms with Crippen LogP contribution in [0.3, 0.4) is 0 Å². The molecule has 0 amide bonds. The Kier molecular flexibility index (Phi) is 5.56. The van der Waals surface area contributed by atoms with Gasteiger partial charge in [0, 0.05) is 16.5 Å². The first-order valence-electron chi connectivity index (χ1n) is 17.0. The van der Waals surface area contributed by atoms with Crippen molar-refractivity contribution in [2.75, 3.05) is 0 Å². The number of rotatable bonds is 3. The standard InChI is InChI=1S/C46H28N4/c1-2-13-29(14-3-1)43-37-20-7-11-24-42(37)50-45(47-43)48-44(49-50)32-16-12-15-30(27-32)31-25-26-36-35-19-6-10-23-40(35)46(41(36)28-31)38-21-8-4-17-33(38)34-18-5-9-22-39(34)46/h1-28H. The molecule has 0 fully saturated rings. The average Bonchev–Trinajstić information content (AvgIpc) is 3.85. The van der Waals surface area contributed by atoms with E-state index in [0.29, 0.717) is 11.6 Å². The summed E-state index contributed by atoms with van der Waals surface area (Å²) in [5.74, 6) is 1.23. The van der Waals surface area contributed by atoms with Gasteiger partial charge in [0.15, 0.2) is 5.82 Å². The molecule has 0 radical (unpaired) electrons. The van der Waals surface area contributed by atoms with E-state index in [4.69, 9.17) is 15.1 Å². The van der Waals surface area contributed by atoms with Crippen LogP contribution < -0.4 is 0 Å². The van der Waals surface area contributed by atoms with Gasteiger partial charge in [-0.05, 0) is 73.8 Å². The summed E-state index contributed by atoms with van der Waals surface area (Å²) in [6.45, 7) is 0. The maximum Gasteiger partial charge on any atom is 0.253 e. The minimum atomic E-state index is -0.376. The van der Waals surface area contributed by atoms with E-state index in [2.05, 4.69) is 140 Å². The molecule has 11 rings (SSSR count). The van der Waals surface area contributed by atoms with Gasteiger partial charge < -0.3 is 0 Å². The second kappa shape index (κ2) is 10.2. The van der Waals surface area contributed by atoms with Crippen molar-refractivity contribution >= 4 is 16.7 Å². The Morgan fingerprint density at radius 2 is 0.960 bits per heavy atom. The van der Waals surface area contributed by atoms with Crippen molar-refractivity contribution in [1.29, 1.82) is 0 Å². The number of hydrogen-bond acceptors (Lipinski definition) is 3. The van der Waals surface area contributed by atoms with E-state index in [1.54, 1.807) is 0 Å². The van der Waals surface area contributed by atoms with Gasteiger partial charge in [0.25, 0.3) is 5.78 Å². The number of benzene rings is 7. The van der Waals surface area contributed by atoms with Gasteiger partial charge in [0.1, 0.15) is 0 Å². The molecular formula is C46H28N4. The number of fused-ring (bicyclic) bond motifs is 13. The van der Waals surface area contributed by atoms with Crippen molar-refractivity contribution in [1.82, 2.24) is 19.6 Å². The highest BCUT2D eigenvalue weighted by Gasteiger charge is 2.51. The molecular weight excluding hydrogens is 609 g/mol. The average molecular weight is 637 g/mol. The van der Waals surface area contributed by atoms with Gasteiger partial charge in [0.05, 0.1) is 16.6 Å². The summed E-state index contributed by atoms with van der Waals surface area (Å²) >= 11 is 0. The maximum atomic E-state index is 5.03. The van der Waals surface area contributed by atoms with Crippen LogP contribution >= 0.6 is 0 Å². The molecule has 2 heterocycles. The zero-order valence-electron chi connectivity index (χ0n) is 27.0. The molecule has 0 N–H and O–H groups in total. The lowest BCUT2D eigenvalue weighted by molar-refractivity contribution is 0.794. The van der Waals surface area contributed by atoms with Crippen molar-refractivity contribution in [3.8, 4) is 56.0 Å². The van der Waals surface area contributed by atoms with Crippen molar-refractivity contribution in [2.24, 2.45) is 0 Å². The van der Waals surface area contributed by atoms with E-state index in [0.717, 1.165) is 33.3 Å². The maximum absolute atomic E-state index is 5.03. The fraction of sp³-hybridized carbons (Fsp3) is 0.0217. The van der Waals surface area contributed by atoms with E-state index in [9.17, 15) is 0 Å². The van der Waals surface area contributed by atoms with Gasteiger partial charge in [-0.25, -0.2) is 4.98 Å². The lowest BCUT2D eigenvalue weighted by atomic mass is 9.70. The molecule has 2 aliphatic rings. The van der Waals surface area contributed by atoms with Crippen LogP contribution in [0.15, 0.2) is 170 Å². The summed E-state index contributed by atoms with van der Waals surface area (Å²) in [5.41, 5.74) is 16.4. The molecule has 0 bridgehead atoms. The highest BCUT2D eigenvalue weighted by molar-refractivity contribution is 5.96. The van der Waals surface area contributed by atoms with E-state index in [1.807, 2.05) is 34.8 Å². The van der Waals surface area contributed by atoms with Crippen LogP contribution in [0.25, 0.3) is 72.7 Å². The molecule has 0 aliphatic heterocycles. The smallest absolute Gasteiger partial charge is 0.210 e. The normalized spacial score (nSPS) is 13.4. The van der Waals surface area contributed by atoms with Crippen LogP contribution in [0.1, 0.15) is 22.3 Å². The van der Waals surface area contributed by atoms with Gasteiger partial charge >= 0.3 is 0 Å². The largest absolute Gasteiger partial charge is 0.253 e. The molecule has 4 nitrogen and oxygen atoms in total. The third kappa shape index (κ3) is 3.62. The molecule has 232 valence electrons. The minimum Gasteiger partial charge on any atom is -0.210 e. The first-order valence-corrected chi connectivity index (χ1v) is 17.0. The number of hydrogen-bond donors (Lipinski definition) is 0. The Balaban J connectivity index is 1.08. The second-order valence-electron chi connectivity index (χ2n) is 13.2. The summed E-state index contributed by atoms with van der Waals surface area (Å²) in [4.78, 5) is 10.0. The molecule has 50 heavy (non-hydrogen) atoms. The third-order valence-electron chi connectivity index (χ3n) is 10.7. The lowest BCUT2D eigenvalue weighted by Crippen LogP contribution is -2.25. The zero-order valence-corrected chi connectivity index (χ0v) is 27.0. The van der Waals surface area contributed by atoms with Gasteiger partial charge in [-0.2, -0.15) is 9.50 Å². The van der Waals surface area contributed by atoms with Gasteiger partial charge in [-0.15, -0.1) is 5.10 Å². The van der Waals surface area contributed by atoms with Crippen molar-refractivity contribution in [2.45, 2.75) is 5.41 Å². The molecule has 9 aromatic rings. The van der Waals surface area contributed by atoms with Crippen molar-refractivity contribution in [3.63, 3.8) is 0 Å². The molecule has 7 aromatic carbocycles. The van der Waals surface area contributed by atoms with Gasteiger partial charge in [-0.3, -0.25) is 0 Å². The summed E-state index contributed by atoms with van der Waals surface area (Å²) in [6.07, 6.45) is 0. The van der Waals surface area contributed by atoms with Crippen LogP contribution in [0.2, 0.25) is 0 Å². The molecule has 4 heteroatoms. The van der Waals surface area contributed by atoms with Crippen molar-refractivity contribution in [3.05, 3.63) is 192 Å². The summed E-state index contributed by atoms with van der Waals surface area (Å²) in [5, 5.41) is 6.06. The molecule has 0 atom stereocenters. The summed E-state index contributed by atoms with van der Waals surface area (Å²) in [7, 11) is 0. The highest BCUT2D eigenvalue weighted by atomic mass is 15.3. The fourth-order valence-corrected chi connectivity index (χ4v) is 8.61. The van der Waals surface area contributed by atoms with E-state index < -0.39 is 0 Å². The Morgan fingerprint density at radius 3 is 1.68 bits per heavy atom. The van der Waals surface area contributed by atoms with E-state index in [1.165, 1.54) is 50.1 Å². The Hall–Kier alpha value is -6.65. The SMILES string of the molecule is c1ccc(-c2nc3nc(-c4cccc(-c5ccc6c(c5)C5(c7ccccc7-c7ccccc75)c5ccccc5-6)c4)nn3c3ccccc23)cc1. The molecule has 0 unspecified atom stereocenters. The third-order valence-corrected chi connectivity index (χ3v) is 10.7. The molecule has 0 saturated heterocycles. The quantitative estimate of drug-likeness (QED) is 0.194. The Labute approximate surface area is 289 Å². The molecule has 2 aromatic heterocycles. The first-order chi connectivity index (χ1) is 24.8. The minimum absolute atomic E-state index is 0.376. The highest BCUT2D eigenvalue weighted by Crippen LogP contribution is 2.63. The number of nitrogens with zero attached hydrogens (tertiary/aromatic N) is 4. The van der Waals surface area contributed by atoms with Crippen LogP contribution in [0, 0.1) is 0 Å². The van der Waals surface area contributed by atoms with Gasteiger partial charge in [-0.1, -0.05) is 152 Å². The van der Waals surface area contributed by atoms with Crippen LogP contribution in [-0.4, -0.2) is 19.6 Å². The number of aromatic nitrogens is 4. The Bertz CT molecular complexity index is 2770. The zero-order chi connectivity index (χ0) is 32.8. The monoisotopic (exact) mass is 636 g/mol. The van der Waals surface area contributed by atoms with Crippen LogP contribution in [0.5, 0.6) is 0 Å². The van der Waals surface area contributed by atoms with E-state index >= 15 is 0 Å². The molecule has 0 saturated carbocycles. The summed E-state index contributed by atoms with van der Waals surface area (Å²) in [6, 6.07) is 61.0. The fourth-order valence-electron chi connectivity index (χ4n) is 8.61. The van der Waals surface area contributed by atoms with E-state index in [-0.39, 0.29) is 5.41 Å².